The number of anilines is 1. The second-order valence-corrected chi connectivity index (χ2v) is 6.45. The zero-order valence-corrected chi connectivity index (χ0v) is 14.2. The van der Waals surface area contributed by atoms with E-state index in [4.69, 9.17) is 5.73 Å². The van der Waals surface area contributed by atoms with E-state index in [9.17, 15) is 9.59 Å². The van der Waals surface area contributed by atoms with Gasteiger partial charge in [-0.15, -0.1) is 0 Å². The second kappa shape index (κ2) is 6.65. The maximum absolute atomic E-state index is 12.8. The first-order valence-corrected chi connectivity index (χ1v) is 8.66. The molecule has 6 nitrogen and oxygen atoms in total. The van der Waals surface area contributed by atoms with Gasteiger partial charge in [0.1, 0.15) is 6.04 Å². The molecule has 1 aliphatic heterocycles. The molecule has 1 saturated heterocycles. The largest absolute Gasteiger partial charge is 0.361 e. The van der Waals surface area contributed by atoms with E-state index in [0.29, 0.717) is 18.7 Å². The minimum absolute atomic E-state index is 0.228. The van der Waals surface area contributed by atoms with E-state index in [1.807, 2.05) is 48.7 Å². The van der Waals surface area contributed by atoms with Crippen molar-refractivity contribution < 1.29 is 9.59 Å². The Bertz CT molecular complexity index is 964. The van der Waals surface area contributed by atoms with Gasteiger partial charge in [-0.05, 0) is 42.3 Å². The number of urea groups is 1. The molecular weight excluding hydrogens is 328 g/mol. The van der Waals surface area contributed by atoms with Crippen molar-refractivity contribution in [1.82, 2.24) is 10.3 Å². The number of hydrogen-bond acceptors (Lipinski definition) is 3. The summed E-state index contributed by atoms with van der Waals surface area (Å²) in [6.45, 7) is 0.541. The Morgan fingerprint density at radius 3 is 2.65 bits per heavy atom. The fraction of sp³-hybridized carbons (Fsp3) is 0.200. The molecule has 4 rings (SSSR count). The summed E-state index contributed by atoms with van der Waals surface area (Å²) in [6, 6.07) is 14.3. The van der Waals surface area contributed by atoms with Gasteiger partial charge in [-0.2, -0.15) is 0 Å². The number of benzene rings is 2. The summed E-state index contributed by atoms with van der Waals surface area (Å²) < 4.78 is 0. The molecule has 0 bridgehead atoms. The fourth-order valence-electron chi connectivity index (χ4n) is 3.43. The summed E-state index contributed by atoms with van der Waals surface area (Å²) in [7, 11) is 0. The highest BCUT2D eigenvalue weighted by Gasteiger charge is 2.39. The van der Waals surface area contributed by atoms with Gasteiger partial charge < -0.3 is 16.0 Å². The zero-order valence-electron chi connectivity index (χ0n) is 14.2. The predicted octanol–water partition coefficient (Wildman–Crippen LogP) is 2.34. The van der Waals surface area contributed by atoms with Crippen molar-refractivity contribution in [3.8, 4) is 0 Å². The molecule has 0 radical (unpaired) electrons. The highest BCUT2D eigenvalue weighted by molar-refractivity contribution is 6.21. The van der Waals surface area contributed by atoms with Gasteiger partial charge in [-0.3, -0.25) is 4.79 Å². The van der Waals surface area contributed by atoms with Crippen molar-refractivity contribution in [1.29, 1.82) is 0 Å². The van der Waals surface area contributed by atoms with Crippen LogP contribution in [0.15, 0.2) is 54.7 Å². The number of aromatic amines is 1. The molecule has 2 aromatic carbocycles. The quantitative estimate of drug-likeness (QED) is 0.618. The van der Waals surface area contributed by atoms with Crippen LogP contribution in [0.25, 0.3) is 10.9 Å². The van der Waals surface area contributed by atoms with Crippen LogP contribution < -0.4 is 16.0 Å². The zero-order chi connectivity index (χ0) is 18.1. The molecule has 3 aromatic rings. The number of carbonyl (C=O) groups excluding carboxylic acids is 2. The summed E-state index contributed by atoms with van der Waals surface area (Å²) in [4.78, 5) is 29.7. The van der Waals surface area contributed by atoms with Gasteiger partial charge in [0.25, 0.3) is 5.91 Å². The van der Waals surface area contributed by atoms with Gasteiger partial charge >= 0.3 is 6.03 Å². The van der Waals surface area contributed by atoms with Gasteiger partial charge in [-0.1, -0.05) is 30.3 Å². The summed E-state index contributed by atoms with van der Waals surface area (Å²) in [5.41, 5.74) is 9.30. The van der Waals surface area contributed by atoms with Crippen LogP contribution in [0.5, 0.6) is 0 Å². The molecule has 2 heterocycles. The summed E-state index contributed by atoms with van der Waals surface area (Å²) in [5.74, 6) is -0.228. The average molecular weight is 348 g/mol. The Balaban J connectivity index is 1.62. The fourth-order valence-corrected chi connectivity index (χ4v) is 3.43. The lowest BCUT2D eigenvalue weighted by atomic mass is 10.1. The maximum Gasteiger partial charge on any atom is 0.329 e. The monoisotopic (exact) mass is 348 g/mol. The van der Waals surface area contributed by atoms with Gasteiger partial charge in [0, 0.05) is 23.5 Å². The molecule has 26 heavy (non-hydrogen) atoms. The molecule has 1 aromatic heterocycles. The predicted molar refractivity (Wildman–Crippen MR) is 101 cm³/mol. The van der Waals surface area contributed by atoms with E-state index < -0.39 is 6.04 Å². The van der Waals surface area contributed by atoms with Crippen LogP contribution in [0.3, 0.4) is 0 Å². The molecule has 4 N–H and O–H groups in total. The molecule has 3 amide bonds. The lowest BCUT2D eigenvalue weighted by Gasteiger charge is -2.13. The average Bonchev–Trinajstić information content (AvgIpc) is 3.17. The number of hydrogen-bond donors (Lipinski definition) is 3. The van der Waals surface area contributed by atoms with E-state index in [1.54, 1.807) is 6.07 Å². The van der Waals surface area contributed by atoms with Crippen LogP contribution in [0.1, 0.15) is 11.1 Å². The van der Waals surface area contributed by atoms with Crippen LogP contribution in [0.2, 0.25) is 0 Å². The van der Waals surface area contributed by atoms with Crippen molar-refractivity contribution in [2.24, 2.45) is 5.73 Å². The lowest BCUT2D eigenvalue weighted by Crippen LogP contribution is -2.32. The summed E-state index contributed by atoms with van der Waals surface area (Å²) in [5, 5.41) is 3.78. The van der Waals surface area contributed by atoms with E-state index in [0.717, 1.165) is 28.5 Å². The molecule has 0 saturated carbocycles. The molecule has 1 fully saturated rings. The molecule has 1 atom stereocenters. The SMILES string of the molecule is NCCc1c[nH]c2ccc(N3C(=O)NC(Cc4ccccc4)C3=O)cc12. The number of carbonyl (C=O) groups is 2. The normalized spacial score (nSPS) is 17.1. The number of nitrogens with one attached hydrogen (secondary N) is 2. The van der Waals surface area contributed by atoms with Gasteiger partial charge in [0.15, 0.2) is 0 Å². The minimum atomic E-state index is -0.546. The minimum Gasteiger partial charge on any atom is -0.361 e. The van der Waals surface area contributed by atoms with Crippen molar-refractivity contribution >= 4 is 28.5 Å². The molecule has 1 unspecified atom stereocenters. The van der Waals surface area contributed by atoms with Gasteiger partial charge in [0.2, 0.25) is 0 Å². The molecular formula is C20H20N4O2. The van der Waals surface area contributed by atoms with Crippen molar-refractivity contribution in [3.05, 3.63) is 65.9 Å². The number of nitrogens with two attached hydrogens (primary N) is 1. The highest BCUT2D eigenvalue weighted by atomic mass is 16.2. The van der Waals surface area contributed by atoms with Gasteiger partial charge in [0.05, 0.1) is 5.69 Å². The summed E-state index contributed by atoms with van der Waals surface area (Å²) in [6.07, 6.45) is 3.14. The van der Waals surface area contributed by atoms with Crippen LogP contribution in [-0.2, 0) is 17.6 Å². The number of imide groups is 1. The first kappa shape index (κ1) is 16.4. The van der Waals surface area contributed by atoms with Crippen LogP contribution in [0, 0.1) is 0 Å². The number of rotatable bonds is 5. The molecule has 0 aliphatic carbocycles. The smallest absolute Gasteiger partial charge is 0.329 e. The van der Waals surface area contributed by atoms with Crippen LogP contribution in [-0.4, -0.2) is 29.5 Å². The van der Waals surface area contributed by atoms with Crippen LogP contribution >= 0.6 is 0 Å². The van der Waals surface area contributed by atoms with Gasteiger partial charge in [-0.25, -0.2) is 9.69 Å². The third-order valence-electron chi connectivity index (χ3n) is 4.72. The molecule has 6 heteroatoms. The molecule has 0 spiro atoms. The topological polar surface area (TPSA) is 91.2 Å². The second-order valence-electron chi connectivity index (χ2n) is 6.45. The standard InChI is InChI=1S/C20H20N4O2/c21-9-8-14-12-22-17-7-6-15(11-16(14)17)24-19(25)18(23-20(24)26)10-13-4-2-1-3-5-13/h1-7,11-12,18,22H,8-10,21H2,(H,23,26). The third-order valence-corrected chi connectivity index (χ3v) is 4.72. The van der Waals surface area contributed by atoms with E-state index >= 15 is 0 Å². The number of aromatic nitrogens is 1. The first-order valence-electron chi connectivity index (χ1n) is 8.66. The van der Waals surface area contributed by atoms with E-state index in [2.05, 4.69) is 10.3 Å². The Morgan fingerprint density at radius 1 is 1.08 bits per heavy atom. The lowest BCUT2D eigenvalue weighted by molar-refractivity contribution is -0.118. The third kappa shape index (κ3) is 2.84. The number of fused-ring (bicyclic) bond motifs is 1. The Kier molecular flexibility index (Phi) is 4.18. The first-order chi connectivity index (χ1) is 12.7. The van der Waals surface area contributed by atoms with Crippen molar-refractivity contribution in [2.45, 2.75) is 18.9 Å². The maximum atomic E-state index is 12.8. The summed E-state index contributed by atoms with van der Waals surface area (Å²) >= 11 is 0. The van der Waals surface area contributed by atoms with Crippen LogP contribution in [0.4, 0.5) is 10.5 Å². The Labute approximate surface area is 151 Å². The molecule has 132 valence electrons. The van der Waals surface area contributed by atoms with E-state index in [1.165, 1.54) is 4.90 Å². The number of nitrogens with zero attached hydrogens (tertiary/aromatic N) is 1. The van der Waals surface area contributed by atoms with Crippen molar-refractivity contribution in [2.75, 3.05) is 11.4 Å². The number of H-pyrrole nitrogens is 1. The Hall–Kier alpha value is -3.12. The number of amides is 3. The van der Waals surface area contributed by atoms with E-state index in [-0.39, 0.29) is 11.9 Å². The molecule has 1 aliphatic rings. The highest BCUT2D eigenvalue weighted by Crippen LogP contribution is 2.27. The Morgan fingerprint density at radius 2 is 1.88 bits per heavy atom. The van der Waals surface area contributed by atoms with Crippen molar-refractivity contribution in [3.63, 3.8) is 0 Å².